The van der Waals surface area contributed by atoms with Crippen LogP contribution in [0.3, 0.4) is 0 Å². The smallest absolute Gasteiger partial charge is 0.307 e. The fourth-order valence-corrected chi connectivity index (χ4v) is 1.59. The molecule has 0 radical (unpaired) electrons. The van der Waals surface area contributed by atoms with E-state index in [1.807, 2.05) is 37.3 Å². The number of benzene rings is 1. The molecule has 1 aromatic rings. The monoisotopic (exact) mass is 221 g/mol. The zero-order valence-electron chi connectivity index (χ0n) is 9.85. The van der Waals surface area contributed by atoms with Crippen molar-refractivity contribution < 1.29 is 9.53 Å². The summed E-state index contributed by atoms with van der Waals surface area (Å²) >= 11 is 0. The molecule has 0 saturated heterocycles. The maximum atomic E-state index is 11.3. The summed E-state index contributed by atoms with van der Waals surface area (Å²) in [5, 5.41) is 0. The Kier molecular flexibility index (Phi) is 4.99. The lowest BCUT2D eigenvalue weighted by molar-refractivity contribution is -0.143. The molecule has 0 aliphatic rings. The first-order valence-corrected chi connectivity index (χ1v) is 5.61. The average Bonchev–Trinajstić information content (AvgIpc) is 2.29. The number of esters is 1. The zero-order chi connectivity index (χ0) is 12.0. The first-order chi connectivity index (χ1) is 7.65. The summed E-state index contributed by atoms with van der Waals surface area (Å²) in [6, 6.07) is 9.77. The molecular weight excluding hydrogens is 202 g/mol. The van der Waals surface area contributed by atoms with Crippen LogP contribution in [0.4, 0.5) is 0 Å². The lowest BCUT2D eigenvalue weighted by Gasteiger charge is -2.19. The molecule has 0 aliphatic carbocycles. The molecule has 88 valence electrons. The van der Waals surface area contributed by atoms with Crippen molar-refractivity contribution in [2.45, 2.75) is 32.2 Å². The molecular formula is C13H19NO2. The summed E-state index contributed by atoms with van der Waals surface area (Å²) in [5.41, 5.74) is 7.13. The summed E-state index contributed by atoms with van der Waals surface area (Å²) in [6.07, 6.45) is 0.268. The van der Waals surface area contributed by atoms with E-state index in [1.54, 1.807) is 6.92 Å². The summed E-state index contributed by atoms with van der Waals surface area (Å²) in [7, 11) is 0. The minimum absolute atomic E-state index is 0.158. The van der Waals surface area contributed by atoms with Crippen molar-refractivity contribution in [2.75, 3.05) is 6.61 Å². The molecule has 3 nitrogen and oxygen atoms in total. The van der Waals surface area contributed by atoms with Gasteiger partial charge in [-0.3, -0.25) is 4.79 Å². The number of ether oxygens (including phenoxy) is 1. The van der Waals surface area contributed by atoms with Gasteiger partial charge >= 0.3 is 5.97 Å². The first-order valence-electron chi connectivity index (χ1n) is 5.61. The Morgan fingerprint density at radius 1 is 1.38 bits per heavy atom. The van der Waals surface area contributed by atoms with Gasteiger partial charge in [0.25, 0.3) is 0 Å². The van der Waals surface area contributed by atoms with Crippen molar-refractivity contribution >= 4 is 5.97 Å². The van der Waals surface area contributed by atoms with Gasteiger partial charge in [0.1, 0.15) is 0 Å². The number of carbonyl (C=O) groups is 1. The Labute approximate surface area is 96.6 Å². The van der Waals surface area contributed by atoms with Crippen LogP contribution < -0.4 is 5.73 Å². The second-order valence-corrected chi connectivity index (χ2v) is 3.87. The fraction of sp³-hybridized carbons (Fsp3) is 0.462. The molecule has 1 aromatic carbocycles. The van der Waals surface area contributed by atoms with Crippen LogP contribution in [0.1, 0.15) is 31.7 Å². The molecule has 0 amide bonds. The Morgan fingerprint density at radius 2 is 2.00 bits per heavy atom. The van der Waals surface area contributed by atoms with E-state index in [2.05, 4.69) is 0 Å². The van der Waals surface area contributed by atoms with Gasteiger partial charge in [0.05, 0.1) is 13.0 Å². The van der Waals surface area contributed by atoms with Crippen LogP contribution in [0.25, 0.3) is 0 Å². The summed E-state index contributed by atoms with van der Waals surface area (Å²) in [4.78, 5) is 11.3. The van der Waals surface area contributed by atoms with Gasteiger partial charge < -0.3 is 10.5 Å². The predicted octanol–water partition coefficient (Wildman–Crippen LogP) is 2.07. The molecule has 2 atom stereocenters. The van der Waals surface area contributed by atoms with Gasteiger partial charge in [0.15, 0.2) is 0 Å². The number of carbonyl (C=O) groups excluding carboxylic acids is 1. The van der Waals surface area contributed by atoms with Crippen molar-refractivity contribution in [1.29, 1.82) is 0 Å². The zero-order valence-corrected chi connectivity index (χ0v) is 9.85. The average molecular weight is 221 g/mol. The molecule has 1 rings (SSSR count). The van der Waals surface area contributed by atoms with Gasteiger partial charge in [-0.2, -0.15) is 0 Å². The minimum atomic E-state index is -0.224. The van der Waals surface area contributed by atoms with Crippen LogP contribution in [0.2, 0.25) is 0 Å². The summed E-state index contributed by atoms with van der Waals surface area (Å²) < 4.78 is 4.88. The maximum Gasteiger partial charge on any atom is 0.307 e. The topological polar surface area (TPSA) is 52.3 Å². The van der Waals surface area contributed by atoms with Gasteiger partial charge in [-0.25, -0.2) is 0 Å². The molecule has 16 heavy (non-hydrogen) atoms. The molecule has 0 bridgehead atoms. The SMILES string of the molecule is CCOC(=O)CC(N)C(C)c1ccccc1. The molecule has 0 spiro atoms. The minimum Gasteiger partial charge on any atom is -0.466 e. The van der Waals surface area contributed by atoms with Crippen molar-refractivity contribution in [3.8, 4) is 0 Å². The fourth-order valence-electron chi connectivity index (χ4n) is 1.59. The van der Waals surface area contributed by atoms with Gasteiger partial charge in [-0.05, 0) is 18.4 Å². The highest BCUT2D eigenvalue weighted by Crippen LogP contribution is 2.19. The van der Waals surface area contributed by atoms with Gasteiger partial charge in [0, 0.05) is 6.04 Å². The normalized spacial score (nSPS) is 14.2. The van der Waals surface area contributed by atoms with Crippen LogP contribution in [0, 0.1) is 0 Å². The lowest BCUT2D eigenvalue weighted by atomic mass is 9.92. The Hall–Kier alpha value is -1.35. The van der Waals surface area contributed by atoms with Crippen molar-refractivity contribution in [3.63, 3.8) is 0 Å². The van der Waals surface area contributed by atoms with E-state index in [0.29, 0.717) is 6.61 Å². The largest absolute Gasteiger partial charge is 0.466 e. The van der Waals surface area contributed by atoms with E-state index in [1.165, 1.54) is 0 Å². The molecule has 2 N–H and O–H groups in total. The van der Waals surface area contributed by atoms with Crippen LogP contribution in [-0.4, -0.2) is 18.6 Å². The van der Waals surface area contributed by atoms with E-state index >= 15 is 0 Å². The van der Waals surface area contributed by atoms with Crippen molar-refractivity contribution in [1.82, 2.24) is 0 Å². The number of nitrogens with two attached hydrogens (primary N) is 1. The molecule has 0 fully saturated rings. The molecule has 0 saturated carbocycles. The van der Waals surface area contributed by atoms with Crippen molar-refractivity contribution in [2.24, 2.45) is 5.73 Å². The number of hydrogen-bond acceptors (Lipinski definition) is 3. The maximum absolute atomic E-state index is 11.3. The molecule has 0 heterocycles. The van der Waals surface area contributed by atoms with E-state index in [0.717, 1.165) is 5.56 Å². The molecule has 0 aromatic heterocycles. The molecule has 2 unspecified atom stereocenters. The van der Waals surface area contributed by atoms with Crippen LogP contribution in [-0.2, 0) is 9.53 Å². The van der Waals surface area contributed by atoms with Gasteiger partial charge in [-0.1, -0.05) is 37.3 Å². The Balaban J connectivity index is 2.54. The third-order valence-electron chi connectivity index (χ3n) is 2.68. The standard InChI is InChI=1S/C13H19NO2/c1-3-16-13(15)9-12(14)10(2)11-7-5-4-6-8-11/h4-8,10,12H,3,9,14H2,1-2H3. The number of rotatable bonds is 5. The summed E-state index contributed by atoms with van der Waals surface area (Å²) in [6.45, 7) is 4.23. The van der Waals surface area contributed by atoms with E-state index in [4.69, 9.17) is 10.5 Å². The van der Waals surface area contributed by atoms with E-state index < -0.39 is 0 Å². The summed E-state index contributed by atoms with van der Waals surface area (Å²) in [5.74, 6) is -0.0663. The lowest BCUT2D eigenvalue weighted by Crippen LogP contribution is -2.30. The quantitative estimate of drug-likeness (QED) is 0.774. The third-order valence-corrected chi connectivity index (χ3v) is 2.68. The van der Waals surface area contributed by atoms with Crippen LogP contribution in [0.15, 0.2) is 30.3 Å². The second-order valence-electron chi connectivity index (χ2n) is 3.87. The van der Waals surface area contributed by atoms with E-state index in [9.17, 15) is 4.79 Å². The van der Waals surface area contributed by atoms with Gasteiger partial charge in [0.2, 0.25) is 0 Å². The van der Waals surface area contributed by atoms with Crippen LogP contribution >= 0.6 is 0 Å². The highest BCUT2D eigenvalue weighted by Gasteiger charge is 2.18. The second kappa shape index (κ2) is 6.28. The molecule has 3 heteroatoms. The molecule has 0 aliphatic heterocycles. The highest BCUT2D eigenvalue weighted by molar-refractivity contribution is 5.70. The Morgan fingerprint density at radius 3 is 2.56 bits per heavy atom. The van der Waals surface area contributed by atoms with E-state index in [-0.39, 0.29) is 24.3 Å². The predicted molar refractivity (Wildman–Crippen MR) is 64.1 cm³/mol. The van der Waals surface area contributed by atoms with Crippen LogP contribution in [0.5, 0.6) is 0 Å². The number of hydrogen-bond donors (Lipinski definition) is 1. The highest BCUT2D eigenvalue weighted by atomic mass is 16.5. The Bertz CT molecular complexity index is 324. The first kappa shape index (κ1) is 12.7. The van der Waals surface area contributed by atoms with Crippen molar-refractivity contribution in [3.05, 3.63) is 35.9 Å². The van der Waals surface area contributed by atoms with Gasteiger partial charge in [-0.15, -0.1) is 0 Å². The third kappa shape index (κ3) is 3.66.